The lowest BCUT2D eigenvalue weighted by atomic mass is 10.2. The molecular weight excluding hydrogens is 367 g/mol. The first kappa shape index (κ1) is 17.3. The average molecular weight is 379 g/mol. The van der Waals surface area contributed by atoms with Crippen molar-refractivity contribution in [3.63, 3.8) is 0 Å². The first-order valence-electron chi connectivity index (χ1n) is 7.21. The van der Waals surface area contributed by atoms with E-state index in [1.807, 2.05) is 0 Å². The lowest BCUT2D eigenvalue weighted by molar-refractivity contribution is 0.0434. The monoisotopic (exact) mass is 378 g/mol. The lowest BCUT2D eigenvalue weighted by Gasteiger charge is -2.09. The number of benzene rings is 2. The molecule has 1 aromatic heterocycles. The second-order valence-electron chi connectivity index (χ2n) is 5.15. The minimum absolute atomic E-state index is 0.0784. The second kappa shape index (κ2) is 7.17. The van der Waals surface area contributed by atoms with Gasteiger partial charge in [0.1, 0.15) is 17.9 Å². The molecule has 3 rings (SSSR count). The van der Waals surface area contributed by atoms with Gasteiger partial charge in [-0.15, -0.1) is 0 Å². The van der Waals surface area contributed by atoms with Crippen molar-refractivity contribution in [1.82, 2.24) is 0 Å². The predicted octanol–water partition coefficient (Wildman–Crippen LogP) is 4.47. The summed E-state index contributed by atoms with van der Waals surface area (Å²) in [6.45, 7) is -0.0784. The van der Waals surface area contributed by atoms with E-state index in [2.05, 4.69) is 0 Å². The summed E-state index contributed by atoms with van der Waals surface area (Å²) in [5.74, 6) is -0.427. The molecule has 0 aliphatic carbocycles. The molecule has 0 N–H and O–H groups in total. The van der Waals surface area contributed by atoms with Crippen molar-refractivity contribution in [1.29, 1.82) is 0 Å². The molecule has 0 aliphatic rings. The second-order valence-corrected chi connectivity index (χ2v) is 6.02. The molecular formula is C18H12Cl2O5. The lowest BCUT2D eigenvalue weighted by Crippen LogP contribution is -2.10. The fourth-order valence-corrected chi connectivity index (χ4v) is 2.67. The Morgan fingerprint density at radius 2 is 1.80 bits per heavy atom. The molecule has 25 heavy (non-hydrogen) atoms. The quantitative estimate of drug-likeness (QED) is 0.626. The number of methoxy groups -OCH3 is 1. The number of carbonyl (C=O) groups excluding carboxylic acids is 1. The van der Waals surface area contributed by atoms with Gasteiger partial charge in [-0.3, -0.25) is 4.79 Å². The van der Waals surface area contributed by atoms with Crippen LogP contribution < -0.4 is 10.2 Å². The largest absolute Gasteiger partial charge is 0.496 e. The minimum Gasteiger partial charge on any atom is -0.496 e. The van der Waals surface area contributed by atoms with Gasteiger partial charge >= 0.3 is 5.97 Å². The smallest absolute Gasteiger partial charge is 0.374 e. The van der Waals surface area contributed by atoms with Crippen LogP contribution in [0.2, 0.25) is 10.0 Å². The molecule has 1 heterocycles. The summed E-state index contributed by atoms with van der Waals surface area (Å²) in [6, 6.07) is 10.6. The van der Waals surface area contributed by atoms with Gasteiger partial charge in [0.05, 0.1) is 12.5 Å². The number of halogens is 2. The van der Waals surface area contributed by atoms with Crippen molar-refractivity contribution in [2.45, 2.75) is 6.61 Å². The zero-order valence-electron chi connectivity index (χ0n) is 13.0. The maximum absolute atomic E-state index is 12.2. The molecule has 0 spiro atoms. The fourth-order valence-electron chi connectivity index (χ4n) is 2.30. The molecule has 0 saturated heterocycles. The van der Waals surface area contributed by atoms with E-state index in [0.717, 1.165) is 6.07 Å². The molecule has 0 unspecified atom stereocenters. The Balaban J connectivity index is 1.85. The first-order valence-corrected chi connectivity index (χ1v) is 7.96. The predicted molar refractivity (Wildman–Crippen MR) is 94.6 cm³/mol. The summed E-state index contributed by atoms with van der Waals surface area (Å²) >= 11 is 11.8. The van der Waals surface area contributed by atoms with Crippen molar-refractivity contribution >= 4 is 40.1 Å². The summed E-state index contributed by atoms with van der Waals surface area (Å²) in [5, 5.41) is 1.18. The van der Waals surface area contributed by atoms with E-state index in [1.165, 1.54) is 19.2 Å². The van der Waals surface area contributed by atoms with Crippen molar-refractivity contribution in [2.24, 2.45) is 0 Å². The van der Waals surface area contributed by atoms with E-state index in [1.54, 1.807) is 24.3 Å². The molecule has 128 valence electrons. The summed E-state index contributed by atoms with van der Waals surface area (Å²) in [6.07, 6.45) is 0. The Hall–Kier alpha value is -2.50. The Morgan fingerprint density at radius 3 is 2.56 bits per heavy atom. The van der Waals surface area contributed by atoms with Crippen LogP contribution in [0.3, 0.4) is 0 Å². The van der Waals surface area contributed by atoms with Gasteiger partial charge < -0.3 is 13.9 Å². The van der Waals surface area contributed by atoms with Gasteiger partial charge in [0.25, 0.3) is 0 Å². The average Bonchev–Trinajstić information content (AvgIpc) is 2.60. The van der Waals surface area contributed by atoms with Crippen LogP contribution in [0, 0.1) is 0 Å². The van der Waals surface area contributed by atoms with Crippen LogP contribution >= 0.6 is 23.2 Å². The third kappa shape index (κ3) is 3.78. The highest BCUT2D eigenvalue weighted by molar-refractivity contribution is 6.31. The van der Waals surface area contributed by atoms with Crippen molar-refractivity contribution in [3.05, 3.63) is 74.1 Å². The number of ether oxygens (including phenoxy) is 2. The molecule has 0 aliphatic heterocycles. The van der Waals surface area contributed by atoms with Gasteiger partial charge in [-0.2, -0.15) is 0 Å². The Labute approximate surface area is 152 Å². The zero-order valence-corrected chi connectivity index (χ0v) is 14.6. The van der Waals surface area contributed by atoms with Gasteiger partial charge in [0.2, 0.25) is 5.76 Å². The van der Waals surface area contributed by atoms with Gasteiger partial charge in [-0.1, -0.05) is 23.2 Å². The minimum atomic E-state index is -0.768. The van der Waals surface area contributed by atoms with Crippen molar-refractivity contribution in [2.75, 3.05) is 7.11 Å². The van der Waals surface area contributed by atoms with E-state index in [9.17, 15) is 9.59 Å². The van der Waals surface area contributed by atoms with Gasteiger partial charge in [0, 0.05) is 21.7 Å². The normalized spacial score (nSPS) is 10.7. The summed E-state index contributed by atoms with van der Waals surface area (Å²) < 4.78 is 15.8. The highest BCUT2D eigenvalue weighted by Crippen LogP contribution is 2.24. The van der Waals surface area contributed by atoms with Crippen LogP contribution in [0.1, 0.15) is 16.1 Å². The molecule has 0 saturated carbocycles. The molecule has 3 aromatic rings. The number of esters is 1. The van der Waals surface area contributed by atoms with Crippen LogP contribution in [-0.4, -0.2) is 13.1 Å². The summed E-state index contributed by atoms with van der Waals surface area (Å²) in [5.41, 5.74) is 0.471. The zero-order chi connectivity index (χ0) is 18.0. The molecule has 0 fully saturated rings. The molecule has 0 amide bonds. The van der Waals surface area contributed by atoms with Crippen LogP contribution in [0.15, 0.2) is 51.7 Å². The number of hydrogen-bond donors (Lipinski definition) is 0. The van der Waals surface area contributed by atoms with Crippen LogP contribution in [0.4, 0.5) is 0 Å². The SMILES string of the molecule is COc1ccc(Cl)cc1COC(=O)c1cc(=O)c2cc(Cl)ccc2o1. The molecule has 5 nitrogen and oxygen atoms in total. The van der Waals surface area contributed by atoms with Gasteiger partial charge in [-0.05, 0) is 36.4 Å². The molecule has 0 atom stereocenters. The van der Waals surface area contributed by atoms with Crippen molar-refractivity contribution < 1.29 is 18.7 Å². The van der Waals surface area contributed by atoms with E-state index < -0.39 is 5.97 Å². The van der Waals surface area contributed by atoms with Gasteiger partial charge in [-0.25, -0.2) is 4.79 Å². The highest BCUT2D eigenvalue weighted by atomic mass is 35.5. The molecule has 0 radical (unpaired) electrons. The Bertz CT molecular complexity index is 1010. The van der Waals surface area contributed by atoms with E-state index in [-0.39, 0.29) is 23.4 Å². The maximum atomic E-state index is 12.2. The summed E-state index contributed by atoms with van der Waals surface area (Å²) in [7, 11) is 1.50. The Kier molecular flexibility index (Phi) is 4.97. The highest BCUT2D eigenvalue weighted by Gasteiger charge is 2.15. The third-order valence-corrected chi connectivity index (χ3v) is 3.96. The van der Waals surface area contributed by atoms with Gasteiger partial charge in [0.15, 0.2) is 5.43 Å². The van der Waals surface area contributed by atoms with E-state index in [4.69, 9.17) is 37.1 Å². The van der Waals surface area contributed by atoms with Crippen LogP contribution in [0.5, 0.6) is 5.75 Å². The number of carbonyl (C=O) groups is 1. The fraction of sp³-hybridized carbons (Fsp3) is 0.111. The number of hydrogen-bond acceptors (Lipinski definition) is 5. The first-order chi connectivity index (χ1) is 12.0. The molecule has 2 aromatic carbocycles. The maximum Gasteiger partial charge on any atom is 0.374 e. The summed E-state index contributed by atoms with van der Waals surface area (Å²) in [4.78, 5) is 24.3. The Morgan fingerprint density at radius 1 is 1.08 bits per heavy atom. The van der Waals surface area contributed by atoms with Crippen LogP contribution in [0.25, 0.3) is 11.0 Å². The van der Waals surface area contributed by atoms with E-state index >= 15 is 0 Å². The topological polar surface area (TPSA) is 65.7 Å². The molecule has 7 heteroatoms. The third-order valence-electron chi connectivity index (χ3n) is 3.49. The van der Waals surface area contributed by atoms with Crippen LogP contribution in [-0.2, 0) is 11.3 Å². The number of rotatable bonds is 4. The standard InChI is InChI=1S/C18H12Cl2O5/c1-23-15-4-2-11(19)6-10(15)9-24-18(22)17-8-14(21)13-7-12(20)3-5-16(13)25-17/h2-8H,9H2,1H3. The van der Waals surface area contributed by atoms with Crippen molar-refractivity contribution in [3.8, 4) is 5.75 Å². The van der Waals surface area contributed by atoms with E-state index in [0.29, 0.717) is 26.7 Å². The molecule has 0 bridgehead atoms. The number of fused-ring (bicyclic) bond motifs is 1.